The smallest absolute Gasteiger partial charge is 0.168 e. The van der Waals surface area contributed by atoms with Crippen LogP contribution in [0.1, 0.15) is 29.2 Å². The second-order valence-corrected chi connectivity index (χ2v) is 6.66. The van der Waals surface area contributed by atoms with Gasteiger partial charge in [-0.25, -0.2) is 0 Å². The fraction of sp³-hybridized carbons (Fsp3) is 0.167. The van der Waals surface area contributed by atoms with E-state index in [1.165, 1.54) is 14.0 Å². The number of ketones is 1. The Kier molecular flexibility index (Phi) is 5.59. The zero-order valence-electron chi connectivity index (χ0n) is 16.2. The van der Waals surface area contributed by atoms with E-state index in [2.05, 4.69) is 0 Å². The van der Waals surface area contributed by atoms with Gasteiger partial charge in [0, 0.05) is 11.8 Å². The monoisotopic (exact) mass is 373 g/mol. The molecule has 0 bridgehead atoms. The number of phenols is 1. The minimum atomic E-state index is -1.20. The van der Waals surface area contributed by atoms with E-state index in [0.29, 0.717) is 11.3 Å². The SMILES string of the molecule is COc1cc(C)cc(C=NC(C(C)=O)(c2ccccc2)c2ccccc2)c1O. The van der Waals surface area contributed by atoms with E-state index in [0.717, 1.165) is 16.7 Å². The average Bonchev–Trinajstić information content (AvgIpc) is 2.72. The van der Waals surface area contributed by atoms with E-state index in [1.807, 2.05) is 73.7 Å². The number of hydrogen-bond donors (Lipinski definition) is 1. The summed E-state index contributed by atoms with van der Waals surface area (Å²) in [7, 11) is 1.50. The van der Waals surface area contributed by atoms with Crippen molar-refractivity contribution < 1.29 is 14.6 Å². The van der Waals surface area contributed by atoms with Crippen LogP contribution in [-0.4, -0.2) is 24.2 Å². The number of carbonyl (C=O) groups excluding carboxylic acids is 1. The van der Waals surface area contributed by atoms with Crippen LogP contribution in [0.25, 0.3) is 0 Å². The zero-order valence-corrected chi connectivity index (χ0v) is 16.2. The van der Waals surface area contributed by atoms with Crippen molar-refractivity contribution in [1.82, 2.24) is 0 Å². The summed E-state index contributed by atoms with van der Waals surface area (Å²) in [5.41, 5.74) is 1.75. The van der Waals surface area contributed by atoms with Gasteiger partial charge in [-0.15, -0.1) is 0 Å². The van der Waals surface area contributed by atoms with Crippen LogP contribution < -0.4 is 4.74 Å². The lowest BCUT2D eigenvalue weighted by atomic mass is 9.80. The maximum atomic E-state index is 13.0. The molecule has 28 heavy (non-hydrogen) atoms. The summed E-state index contributed by atoms with van der Waals surface area (Å²) in [4.78, 5) is 17.7. The van der Waals surface area contributed by atoms with E-state index in [1.54, 1.807) is 12.3 Å². The van der Waals surface area contributed by atoms with Gasteiger partial charge in [0.1, 0.15) is 0 Å². The predicted molar refractivity (Wildman–Crippen MR) is 111 cm³/mol. The third kappa shape index (κ3) is 3.54. The minimum absolute atomic E-state index is 0.00424. The van der Waals surface area contributed by atoms with Gasteiger partial charge in [0.05, 0.1) is 7.11 Å². The van der Waals surface area contributed by atoms with Crippen molar-refractivity contribution in [3.8, 4) is 11.5 Å². The van der Waals surface area contributed by atoms with Crippen molar-refractivity contribution in [2.45, 2.75) is 19.4 Å². The van der Waals surface area contributed by atoms with Gasteiger partial charge >= 0.3 is 0 Å². The second kappa shape index (κ2) is 8.09. The molecule has 0 spiro atoms. The van der Waals surface area contributed by atoms with Crippen molar-refractivity contribution in [2.24, 2.45) is 4.99 Å². The Hall–Kier alpha value is -3.40. The van der Waals surface area contributed by atoms with Crippen LogP contribution in [-0.2, 0) is 10.3 Å². The Morgan fingerprint density at radius 3 is 2.00 bits per heavy atom. The van der Waals surface area contributed by atoms with Crippen molar-refractivity contribution in [3.05, 3.63) is 95.1 Å². The molecule has 3 aromatic rings. The maximum absolute atomic E-state index is 13.0. The molecule has 4 heteroatoms. The van der Waals surface area contributed by atoms with E-state index in [9.17, 15) is 9.90 Å². The number of phenolic OH excluding ortho intramolecular Hbond substituents is 1. The highest BCUT2D eigenvalue weighted by molar-refractivity contribution is 5.95. The molecule has 0 aliphatic heterocycles. The summed E-state index contributed by atoms with van der Waals surface area (Å²) >= 11 is 0. The molecule has 3 aromatic carbocycles. The first-order chi connectivity index (χ1) is 13.5. The molecule has 0 aliphatic rings. The average molecular weight is 373 g/mol. The Morgan fingerprint density at radius 1 is 1.00 bits per heavy atom. The van der Waals surface area contributed by atoms with E-state index < -0.39 is 5.54 Å². The number of nitrogens with zero attached hydrogens (tertiary/aromatic N) is 1. The zero-order chi connectivity index (χ0) is 20.1. The highest BCUT2D eigenvalue weighted by atomic mass is 16.5. The van der Waals surface area contributed by atoms with Gasteiger partial charge in [-0.3, -0.25) is 9.79 Å². The lowest BCUT2D eigenvalue weighted by Gasteiger charge is -2.28. The van der Waals surface area contributed by atoms with Gasteiger partial charge in [0.15, 0.2) is 22.8 Å². The number of benzene rings is 3. The summed E-state index contributed by atoms with van der Waals surface area (Å²) in [6.45, 7) is 3.44. The molecule has 0 saturated heterocycles. The number of rotatable bonds is 6. The minimum Gasteiger partial charge on any atom is -0.504 e. The van der Waals surface area contributed by atoms with Crippen molar-refractivity contribution in [3.63, 3.8) is 0 Å². The Bertz CT molecular complexity index is 956. The number of aliphatic imine (C=N–C) groups is 1. The van der Waals surface area contributed by atoms with Crippen LogP contribution in [0.3, 0.4) is 0 Å². The molecule has 142 valence electrons. The number of hydrogen-bond acceptors (Lipinski definition) is 4. The first kappa shape index (κ1) is 19.4. The number of methoxy groups -OCH3 is 1. The molecule has 0 aromatic heterocycles. The fourth-order valence-electron chi connectivity index (χ4n) is 3.36. The van der Waals surface area contributed by atoms with Crippen molar-refractivity contribution in [1.29, 1.82) is 0 Å². The second-order valence-electron chi connectivity index (χ2n) is 6.66. The molecule has 1 N–H and O–H groups in total. The molecule has 0 amide bonds. The molecule has 0 radical (unpaired) electrons. The number of carbonyl (C=O) groups is 1. The topological polar surface area (TPSA) is 58.9 Å². The number of aryl methyl sites for hydroxylation is 1. The Morgan fingerprint density at radius 2 is 1.54 bits per heavy atom. The summed E-state index contributed by atoms with van der Waals surface area (Å²) in [6, 6.07) is 22.5. The molecule has 0 aliphatic carbocycles. The molecular formula is C24H23NO3. The quantitative estimate of drug-likeness (QED) is 0.639. The molecule has 4 nitrogen and oxygen atoms in total. The standard InChI is InChI=1S/C24H23NO3/c1-17-14-19(23(27)22(15-17)28-3)16-25-24(18(2)26,20-10-6-4-7-11-20)21-12-8-5-9-13-21/h4-16,27H,1-3H3. The van der Waals surface area contributed by atoms with Gasteiger partial charge in [0.2, 0.25) is 0 Å². The summed E-state index contributed by atoms with van der Waals surface area (Å²) < 4.78 is 5.24. The van der Waals surface area contributed by atoms with E-state index in [-0.39, 0.29) is 11.5 Å². The molecular weight excluding hydrogens is 350 g/mol. The predicted octanol–water partition coefficient (Wildman–Crippen LogP) is 4.66. The van der Waals surface area contributed by atoms with Gasteiger partial charge in [0.25, 0.3) is 0 Å². The van der Waals surface area contributed by atoms with Crippen LogP contribution in [0.2, 0.25) is 0 Å². The Balaban J connectivity index is 2.23. The van der Waals surface area contributed by atoms with E-state index >= 15 is 0 Å². The first-order valence-corrected chi connectivity index (χ1v) is 9.04. The summed E-state index contributed by atoms with van der Waals surface area (Å²) in [5, 5.41) is 10.5. The van der Waals surface area contributed by atoms with Crippen LogP contribution in [0.5, 0.6) is 11.5 Å². The van der Waals surface area contributed by atoms with Crippen LogP contribution in [0, 0.1) is 6.92 Å². The molecule has 0 fully saturated rings. The van der Waals surface area contributed by atoms with Crippen molar-refractivity contribution in [2.75, 3.05) is 7.11 Å². The Labute approximate surface area is 165 Å². The number of Topliss-reactive ketones (excluding diaryl/α,β-unsaturated/α-hetero) is 1. The van der Waals surface area contributed by atoms with Crippen LogP contribution >= 0.6 is 0 Å². The van der Waals surface area contributed by atoms with Gasteiger partial charge in [-0.2, -0.15) is 0 Å². The first-order valence-electron chi connectivity index (χ1n) is 9.04. The fourth-order valence-corrected chi connectivity index (χ4v) is 3.36. The van der Waals surface area contributed by atoms with E-state index in [4.69, 9.17) is 9.73 Å². The third-order valence-electron chi connectivity index (χ3n) is 4.76. The number of ether oxygens (including phenoxy) is 1. The lowest BCUT2D eigenvalue weighted by molar-refractivity contribution is -0.120. The maximum Gasteiger partial charge on any atom is 0.168 e. The highest BCUT2D eigenvalue weighted by Crippen LogP contribution is 2.36. The third-order valence-corrected chi connectivity index (χ3v) is 4.76. The normalized spacial score (nSPS) is 11.5. The summed E-state index contributed by atoms with van der Waals surface area (Å²) in [5.74, 6) is 0.255. The number of aromatic hydroxyl groups is 1. The molecule has 0 heterocycles. The van der Waals surface area contributed by atoms with Crippen molar-refractivity contribution >= 4 is 12.0 Å². The molecule has 0 atom stereocenters. The lowest BCUT2D eigenvalue weighted by Crippen LogP contribution is -2.33. The largest absolute Gasteiger partial charge is 0.504 e. The molecule has 0 saturated carbocycles. The van der Waals surface area contributed by atoms with Gasteiger partial charge < -0.3 is 9.84 Å². The summed E-state index contributed by atoms with van der Waals surface area (Å²) in [6.07, 6.45) is 1.55. The van der Waals surface area contributed by atoms with Crippen LogP contribution in [0.4, 0.5) is 0 Å². The van der Waals surface area contributed by atoms with Gasteiger partial charge in [-0.1, -0.05) is 60.7 Å². The highest BCUT2D eigenvalue weighted by Gasteiger charge is 2.38. The van der Waals surface area contributed by atoms with Gasteiger partial charge in [-0.05, 0) is 42.7 Å². The molecule has 3 rings (SSSR count). The van der Waals surface area contributed by atoms with Crippen LogP contribution in [0.15, 0.2) is 77.8 Å². The molecule has 0 unspecified atom stereocenters.